The average molecular weight is 255 g/mol. The number of hydrogen-bond acceptors (Lipinski definition) is 2. The minimum Gasteiger partial charge on any atom is -0.481 e. The average Bonchev–Trinajstić information content (AvgIpc) is 2.32. The van der Waals surface area contributed by atoms with Crippen molar-refractivity contribution in [2.24, 2.45) is 0 Å². The molecule has 0 bridgehead atoms. The maximum absolute atomic E-state index is 12.9. The Balaban J connectivity index is 2.86. The second-order valence-corrected chi connectivity index (χ2v) is 3.16. The SMILES string of the molecule is O=C(O)CC(F)(F)c1ccc(Br)o1. The van der Waals surface area contributed by atoms with Crippen molar-refractivity contribution in [3.63, 3.8) is 0 Å². The largest absolute Gasteiger partial charge is 0.481 e. The van der Waals surface area contributed by atoms with Gasteiger partial charge in [0.2, 0.25) is 0 Å². The van der Waals surface area contributed by atoms with Crippen molar-refractivity contribution < 1.29 is 23.1 Å². The van der Waals surface area contributed by atoms with Crippen molar-refractivity contribution in [2.45, 2.75) is 12.3 Å². The minimum atomic E-state index is -3.46. The van der Waals surface area contributed by atoms with E-state index < -0.39 is 24.1 Å². The van der Waals surface area contributed by atoms with Gasteiger partial charge in [0.1, 0.15) is 6.42 Å². The van der Waals surface area contributed by atoms with Gasteiger partial charge in [-0.15, -0.1) is 0 Å². The molecule has 0 unspecified atom stereocenters. The van der Waals surface area contributed by atoms with Crippen LogP contribution in [0.4, 0.5) is 8.78 Å². The molecule has 0 amide bonds. The van der Waals surface area contributed by atoms with Crippen LogP contribution in [-0.2, 0) is 10.7 Å². The lowest BCUT2D eigenvalue weighted by atomic mass is 10.2. The Labute approximate surface area is 80.5 Å². The van der Waals surface area contributed by atoms with Crippen LogP contribution in [0.3, 0.4) is 0 Å². The number of rotatable bonds is 3. The number of carboxylic acids is 1. The number of carboxylic acid groups (broad SMARTS) is 1. The van der Waals surface area contributed by atoms with Crippen LogP contribution >= 0.6 is 15.9 Å². The van der Waals surface area contributed by atoms with E-state index in [0.717, 1.165) is 6.07 Å². The van der Waals surface area contributed by atoms with Crippen molar-refractivity contribution in [1.82, 2.24) is 0 Å². The molecule has 1 aromatic heterocycles. The lowest BCUT2D eigenvalue weighted by Crippen LogP contribution is -2.17. The zero-order chi connectivity index (χ0) is 10.1. The maximum atomic E-state index is 12.9. The lowest BCUT2D eigenvalue weighted by molar-refractivity contribution is -0.146. The molecule has 0 spiro atoms. The first-order chi connectivity index (χ1) is 5.92. The third-order valence-corrected chi connectivity index (χ3v) is 1.73. The summed E-state index contributed by atoms with van der Waals surface area (Å²) in [5.41, 5.74) is 0. The first-order valence-corrected chi connectivity index (χ1v) is 4.06. The Bertz CT molecular complexity index is 321. The van der Waals surface area contributed by atoms with Crippen LogP contribution in [0.2, 0.25) is 0 Å². The normalized spacial score (nSPS) is 11.6. The second-order valence-electron chi connectivity index (χ2n) is 2.38. The molecule has 0 saturated heterocycles. The number of alkyl halides is 2. The molecule has 0 atom stereocenters. The molecule has 1 rings (SSSR count). The van der Waals surface area contributed by atoms with E-state index in [1.54, 1.807) is 0 Å². The molecule has 0 aliphatic rings. The summed E-state index contributed by atoms with van der Waals surface area (Å²) in [6.07, 6.45) is -1.27. The molecule has 3 nitrogen and oxygen atoms in total. The smallest absolute Gasteiger partial charge is 0.315 e. The van der Waals surface area contributed by atoms with Gasteiger partial charge in [0.05, 0.1) is 0 Å². The van der Waals surface area contributed by atoms with Gasteiger partial charge in [-0.2, -0.15) is 8.78 Å². The quantitative estimate of drug-likeness (QED) is 0.902. The third-order valence-electron chi connectivity index (χ3n) is 1.31. The van der Waals surface area contributed by atoms with E-state index in [2.05, 4.69) is 20.3 Å². The maximum Gasteiger partial charge on any atom is 0.315 e. The van der Waals surface area contributed by atoms with E-state index in [1.165, 1.54) is 6.07 Å². The van der Waals surface area contributed by atoms with Gasteiger partial charge in [-0.25, -0.2) is 0 Å². The van der Waals surface area contributed by atoms with E-state index in [0.29, 0.717) is 0 Å². The summed E-state index contributed by atoms with van der Waals surface area (Å²) in [4.78, 5) is 10.1. The molecule has 0 aromatic carbocycles. The molecule has 0 aliphatic carbocycles. The van der Waals surface area contributed by atoms with Gasteiger partial charge in [0, 0.05) is 0 Å². The van der Waals surface area contributed by atoms with Crippen molar-refractivity contribution in [3.8, 4) is 0 Å². The molecule has 0 fully saturated rings. The molecule has 1 N–H and O–H groups in total. The van der Waals surface area contributed by atoms with Gasteiger partial charge in [-0.3, -0.25) is 4.79 Å². The van der Waals surface area contributed by atoms with Gasteiger partial charge in [0.25, 0.3) is 0 Å². The molecule has 0 radical (unpaired) electrons. The Morgan fingerprint density at radius 3 is 2.62 bits per heavy atom. The van der Waals surface area contributed by atoms with E-state index >= 15 is 0 Å². The standard InChI is InChI=1S/C7H5BrF2O3/c8-5-2-1-4(13-5)7(9,10)3-6(11)12/h1-2H,3H2,(H,11,12). The van der Waals surface area contributed by atoms with Crippen LogP contribution in [0.25, 0.3) is 0 Å². The summed E-state index contributed by atoms with van der Waals surface area (Å²) in [5, 5.41) is 8.18. The fraction of sp³-hybridized carbons (Fsp3) is 0.286. The highest BCUT2D eigenvalue weighted by Gasteiger charge is 2.37. The zero-order valence-electron chi connectivity index (χ0n) is 6.26. The number of aliphatic carboxylic acids is 1. The van der Waals surface area contributed by atoms with E-state index in [-0.39, 0.29) is 4.67 Å². The third kappa shape index (κ3) is 2.51. The van der Waals surface area contributed by atoms with Gasteiger partial charge < -0.3 is 9.52 Å². The molecule has 6 heteroatoms. The molecule has 1 aromatic rings. The Kier molecular flexibility index (Phi) is 2.70. The van der Waals surface area contributed by atoms with Crippen molar-refractivity contribution in [3.05, 3.63) is 22.6 Å². The molecular weight excluding hydrogens is 250 g/mol. The van der Waals surface area contributed by atoms with Crippen LogP contribution in [0.1, 0.15) is 12.2 Å². The summed E-state index contributed by atoms with van der Waals surface area (Å²) < 4.78 is 30.5. The highest BCUT2D eigenvalue weighted by molar-refractivity contribution is 9.10. The predicted molar refractivity (Wildman–Crippen MR) is 42.6 cm³/mol. The lowest BCUT2D eigenvalue weighted by Gasteiger charge is -2.09. The Morgan fingerprint density at radius 1 is 1.62 bits per heavy atom. The van der Waals surface area contributed by atoms with E-state index in [4.69, 9.17) is 5.11 Å². The summed E-state index contributed by atoms with van der Waals surface area (Å²) in [5.74, 6) is -5.68. The van der Waals surface area contributed by atoms with Gasteiger partial charge in [-0.05, 0) is 28.1 Å². The number of hydrogen-bond donors (Lipinski definition) is 1. The predicted octanol–water partition coefficient (Wildman–Crippen LogP) is 2.61. The van der Waals surface area contributed by atoms with Crippen LogP contribution < -0.4 is 0 Å². The fourth-order valence-corrected chi connectivity index (χ4v) is 1.09. The number of halogens is 3. The summed E-state index contributed by atoms with van der Waals surface area (Å²) >= 11 is 2.84. The van der Waals surface area contributed by atoms with Crippen molar-refractivity contribution in [2.75, 3.05) is 0 Å². The van der Waals surface area contributed by atoms with Gasteiger partial charge >= 0.3 is 11.9 Å². The Hall–Kier alpha value is -0.910. The number of carbonyl (C=O) groups is 1. The molecular formula is C7H5BrF2O3. The molecule has 72 valence electrons. The molecule has 0 saturated carbocycles. The zero-order valence-corrected chi connectivity index (χ0v) is 7.85. The first-order valence-electron chi connectivity index (χ1n) is 3.27. The summed E-state index contributed by atoms with van der Waals surface area (Å²) in [6.45, 7) is 0. The van der Waals surface area contributed by atoms with Crippen LogP contribution in [0.5, 0.6) is 0 Å². The van der Waals surface area contributed by atoms with E-state index in [9.17, 15) is 13.6 Å². The monoisotopic (exact) mass is 254 g/mol. The van der Waals surface area contributed by atoms with E-state index in [1.807, 2.05) is 0 Å². The second kappa shape index (κ2) is 3.45. The first kappa shape index (κ1) is 10.2. The van der Waals surface area contributed by atoms with Crippen molar-refractivity contribution in [1.29, 1.82) is 0 Å². The molecule has 13 heavy (non-hydrogen) atoms. The van der Waals surface area contributed by atoms with Gasteiger partial charge in [0.15, 0.2) is 10.4 Å². The van der Waals surface area contributed by atoms with Crippen molar-refractivity contribution >= 4 is 21.9 Å². The highest BCUT2D eigenvalue weighted by Crippen LogP contribution is 2.33. The Morgan fingerprint density at radius 2 is 2.23 bits per heavy atom. The van der Waals surface area contributed by atoms with Crippen LogP contribution in [0.15, 0.2) is 21.2 Å². The highest BCUT2D eigenvalue weighted by atomic mass is 79.9. The minimum absolute atomic E-state index is 0.146. The van der Waals surface area contributed by atoms with Crippen LogP contribution in [0, 0.1) is 0 Å². The topological polar surface area (TPSA) is 50.4 Å². The number of furan rings is 1. The van der Waals surface area contributed by atoms with Gasteiger partial charge in [-0.1, -0.05) is 0 Å². The summed E-state index contributed by atoms with van der Waals surface area (Å²) in [6, 6.07) is 2.32. The molecule has 1 heterocycles. The summed E-state index contributed by atoms with van der Waals surface area (Å²) in [7, 11) is 0. The molecule has 0 aliphatic heterocycles. The fourth-order valence-electron chi connectivity index (χ4n) is 0.788. The van der Waals surface area contributed by atoms with Crippen LogP contribution in [-0.4, -0.2) is 11.1 Å².